The normalized spacial score (nSPS) is 17.3. The first kappa shape index (κ1) is 12.2. The van der Waals surface area contributed by atoms with Crippen LogP contribution in [0.15, 0.2) is 30.5 Å². The molecule has 0 unspecified atom stereocenters. The molecule has 1 saturated heterocycles. The van der Waals surface area contributed by atoms with E-state index < -0.39 is 0 Å². The summed E-state index contributed by atoms with van der Waals surface area (Å²) in [4.78, 5) is 6.87. The van der Waals surface area contributed by atoms with Crippen LogP contribution in [0.25, 0.3) is 10.8 Å². The number of nitrogens with zero attached hydrogens (tertiary/aromatic N) is 2. The molecular weight excluding hydrogens is 339 g/mol. The number of pyridine rings is 1. The summed E-state index contributed by atoms with van der Waals surface area (Å²) in [5.74, 6) is 1.05. The molecule has 94 valence electrons. The largest absolute Gasteiger partial charge is 0.393 e. The average molecular weight is 354 g/mol. The van der Waals surface area contributed by atoms with Crippen LogP contribution in [0.2, 0.25) is 0 Å². The number of piperidine rings is 1. The summed E-state index contributed by atoms with van der Waals surface area (Å²) in [5.41, 5.74) is 0. The smallest absolute Gasteiger partial charge is 0.136 e. The van der Waals surface area contributed by atoms with Gasteiger partial charge in [-0.3, -0.25) is 0 Å². The van der Waals surface area contributed by atoms with Crippen molar-refractivity contribution < 1.29 is 5.11 Å². The second-order valence-electron chi connectivity index (χ2n) is 4.69. The highest BCUT2D eigenvalue weighted by molar-refractivity contribution is 14.1. The molecule has 1 aliphatic heterocycles. The Morgan fingerprint density at radius 3 is 2.56 bits per heavy atom. The van der Waals surface area contributed by atoms with Crippen LogP contribution in [0.3, 0.4) is 0 Å². The molecule has 2 heterocycles. The second-order valence-corrected chi connectivity index (χ2v) is 5.86. The molecule has 0 saturated carbocycles. The molecule has 0 radical (unpaired) electrons. The fraction of sp³-hybridized carbons (Fsp3) is 0.357. The van der Waals surface area contributed by atoms with Crippen LogP contribution in [0.1, 0.15) is 12.8 Å². The molecule has 3 rings (SSSR count). The Kier molecular flexibility index (Phi) is 3.39. The zero-order valence-corrected chi connectivity index (χ0v) is 12.2. The van der Waals surface area contributed by atoms with Gasteiger partial charge in [0.1, 0.15) is 5.82 Å². The minimum Gasteiger partial charge on any atom is -0.393 e. The lowest BCUT2D eigenvalue weighted by Crippen LogP contribution is -2.36. The van der Waals surface area contributed by atoms with Crippen molar-refractivity contribution in [1.82, 2.24) is 4.98 Å². The van der Waals surface area contributed by atoms with Crippen molar-refractivity contribution in [2.75, 3.05) is 18.0 Å². The van der Waals surface area contributed by atoms with Gasteiger partial charge in [0.15, 0.2) is 0 Å². The zero-order valence-electron chi connectivity index (χ0n) is 10.0. The lowest BCUT2D eigenvalue weighted by molar-refractivity contribution is 0.145. The second kappa shape index (κ2) is 5.01. The van der Waals surface area contributed by atoms with Crippen molar-refractivity contribution in [3.8, 4) is 0 Å². The summed E-state index contributed by atoms with van der Waals surface area (Å²) < 4.78 is 1.18. The van der Waals surface area contributed by atoms with Gasteiger partial charge in [-0.2, -0.15) is 0 Å². The van der Waals surface area contributed by atoms with Crippen molar-refractivity contribution in [1.29, 1.82) is 0 Å². The molecular formula is C14H15IN2O. The number of aliphatic hydroxyl groups is 1. The Hall–Kier alpha value is -0.880. The SMILES string of the molecule is OC1CCN(c2ncc(I)c3ccccc23)CC1. The van der Waals surface area contributed by atoms with E-state index in [2.05, 4.69) is 56.7 Å². The third kappa shape index (κ3) is 2.19. The lowest BCUT2D eigenvalue weighted by Gasteiger charge is -2.31. The number of fused-ring (bicyclic) bond motifs is 1. The van der Waals surface area contributed by atoms with Gasteiger partial charge in [0.2, 0.25) is 0 Å². The predicted molar refractivity (Wildman–Crippen MR) is 81.9 cm³/mol. The molecule has 0 atom stereocenters. The Morgan fingerprint density at radius 2 is 1.83 bits per heavy atom. The number of hydrogen-bond donors (Lipinski definition) is 1. The van der Waals surface area contributed by atoms with Crippen LogP contribution in [-0.4, -0.2) is 29.3 Å². The van der Waals surface area contributed by atoms with Crippen LogP contribution in [0.5, 0.6) is 0 Å². The van der Waals surface area contributed by atoms with E-state index in [1.807, 2.05) is 6.20 Å². The highest BCUT2D eigenvalue weighted by Gasteiger charge is 2.19. The average Bonchev–Trinajstić information content (AvgIpc) is 2.41. The molecule has 0 spiro atoms. The van der Waals surface area contributed by atoms with E-state index in [1.165, 1.54) is 14.3 Å². The Morgan fingerprint density at radius 1 is 1.17 bits per heavy atom. The first-order valence-corrected chi connectivity index (χ1v) is 7.30. The topological polar surface area (TPSA) is 36.4 Å². The van der Waals surface area contributed by atoms with Crippen molar-refractivity contribution in [2.24, 2.45) is 0 Å². The van der Waals surface area contributed by atoms with E-state index in [-0.39, 0.29) is 6.10 Å². The van der Waals surface area contributed by atoms with Gasteiger partial charge in [-0.15, -0.1) is 0 Å². The third-order valence-corrected chi connectivity index (χ3v) is 4.35. The summed E-state index contributed by atoms with van der Waals surface area (Å²) in [6.07, 6.45) is 3.46. The molecule has 0 bridgehead atoms. The number of hydrogen-bond acceptors (Lipinski definition) is 3. The van der Waals surface area contributed by atoms with Crippen molar-refractivity contribution >= 4 is 39.2 Å². The van der Waals surface area contributed by atoms with E-state index in [9.17, 15) is 5.11 Å². The summed E-state index contributed by atoms with van der Waals surface area (Å²) in [6, 6.07) is 8.39. The summed E-state index contributed by atoms with van der Waals surface area (Å²) in [7, 11) is 0. The van der Waals surface area contributed by atoms with Gasteiger partial charge >= 0.3 is 0 Å². The number of anilines is 1. The van der Waals surface area contributed by atoms with E-state index in [0.29, 0.717) is 0 Å². The Bertz CT molecular complexity index is 565. The molecule has 1 fully saturated rings. The zero-order chi connectivity index (χ0) is 12.5. The highest BCUT2D eigenvalue weighted by Crippen LogP contribution is 2.29. The van der Waals surface area contributed by atoms with Crippen molar-refractivity contribution in [3.63, 3.8) is 0 Å². The number of rotatable bonds is 1. The minimum absolute atomic E-state index is 0.142. The van der Waals surface area contributed by atoms with Gasteiger partial charge in [0.05, 0.1) is 6.10 Å². The first-order valence-electron chi connectivity index (χ1n) is 6.22. The van der Waals surface area contributed by atoms with Gasteiger partial charge in [0.25, 0.3) is 0 Å². The monoisotopic (exact) mass is 354 g/mol. The quantitative estimate of drug-likeness (QED) is 0.801. The number of benzene rings is 1. The molecule has 1 aromatic heterocycles. The Labute approximate surface area is 120 Å². The lowest BCUT2D eigenvalue weighted by atomic mass is 10.1. The van der Waals surface area contributed by atoms with Crippen LogP contribution >= 0.6 is 22.6 Å². The van der Waals surface area contributed by atoms with Gasteiger partial charge in [-0.25, -0.2) is 4.98 Å². The van der Waals surface area contributed by atoms with Gasteiger partial charge in [-0.1, -0.05) is 24.3 Å². The molecule has 0 aliphatic carbocycles. The maximum absolute atomic E-state index is 9.58. The number of halogens is 1. The summed E-state index contributed by atoms with van der Waals surface area (Å²) in [5, 5.41) is 12.1. The van der Waals surface area contributed by atoms with Gasteiger partial charge in [-0.05, 0) is 35.4 Å². The molecule has 4 heteroatoms. The predicted octanol–water partition coefficient (Wildman–Crippen LogP) is 2.80. The fourth-order valence-corrected chi connectivity index (χ4v) is 3.08. The molecule has 18 heavy (non-hydrogen) atoms. The van der Waals surface area contributed by atoms with Crippen molar-refractivity contribution in [2.45, 2.75) is 18.9 Å². The number of aromatic nitrogens is 1. The number of aliphatic hydroxyl groups excluding tert-OH is 1. The van der Waals surface area contributed by atoms with Crippen LogP contribution in [0, 0.1) is 3.57 Å². The van der Waals surface area contributed by atoms with E-state index >= 15 is 0 Å². The molecule has 1 N–H and O–H groups in total. The van der Waals surface area contributed by atoms with Crippen LogP contribution in [-0.2, 0) is 0 Å². The standard InChI is InChI=1S/C14H15IN2O/c15-13-9-16-14(12-4-2-1-3-11(12)13)17-7-5-10(18)6-8-17/h1-4,9-10,18H,5-8H2. The minimum atomic E-state index is -0.142. The highest BCUT2D eigenvalue weighted by atomic mass is 127. The van der Waals surface area contributed by atoms with E-state index in [0.717, 1.165) is 31.7 Å². The maximum atomic E-state index is 9.58. The molecule has 1 aromatic carbocycles. The van der Waals surface area contributed by atoms with E-state index in [4.69, 9.17) is 0 Å². The Balaban J connectivity index is 2.04. The summed E-state index contributed by atoms with van der Waals surface area (Å²) in [6.45, 7) is 1.78. The molecule has 2 aromatic rings. The first-order chi connectivity index (χ1) is 8.75. The summed E-state index contributed by atoms with van der Waals surface area (Å²) >= 11 is 2.33. The molecule has 0 amide bonds. The van der Waals surface area contributed by atoms with E-state index in [1.54, 1.807) is 0 Å². The van der Waals surface area contributed by atoms with Gasteiger partial charge in [0, 0.05) is 33.6 Å². The van der Waals surface area contributed by atoms with Crippen molar-refractivity contribution in [3.05, 3.63) is 34.0 Å². The fourth-order valence-electron chi connectivity index (χ4n) is 2.47. The maximum Gasteiger partial charge on any atom is 0.136 e. The van der Waals surface area contributed by atoms with Gasteiger partial charge < -0.3 is 10.0 Å². The van der Waals surface area contributed by atoms with Crippen LogP contribution < -0.4 is 4.90 Å². The third-order valence-electron chi connectivity index (χ3n) is 3.49. The van der Waals surface area contributed by atoms with Crippen LogP contribution in [0.4, 0.5) is 5.82 Å². The molecule has 3 nitrogen and oxygen atoms in total. The molecule has 1 aliphatic rings.